The Labute approximate surface area is 86.9 Å². The summed E-state index contributed by atoms with van der Waals surface area (Å²) in [6.45, 7) is 1.06. The molecule has 0 saturated carbocycles. The fourth-order valence-corrected chi connectivity index (χ4v) is 1.39. The number of rotatable bonds is 1. The summed E-state index contributed by atoms with van der Waals surface area (Å²) in [6, 6.07) is 0.399. The first kappa shape index (κ1) is 12.2. The Balaban J connectivity index is 3.47. The van der Waals surface area contributed by atoms with E-state index < -0.39 is 34.6 Å². The Bertz CT molecular complexity index is 374. The van der Waals surface area contributed by atoms with Crippen LogP contribution in [0.2, 0.25) is 5.15 Å². The zero-order valence-electron chi connectivity index (χ0n) is 7.37. The number of nitrogens with zero attached hydrogens (tertiary/aromatic N) is 1. The molecule has 0 saturated heterocycles. The van der Waals surface area contributed by atoms with E-state index in [1.807, 2.05) is 0 Å². The smallest absolute Gasteiger partial charge is 0.241 e. The number of aryl methyl sites for hydroxylation is 1. The van der Waals surface area contributed by atoms with E-state index >= 15 is 0 Å². The standard InChI is InChI=1S/C8H5ClF5N/c1-3-6(7(10)11)4(8(12,13)14)2-5(9)15-3/h2,7H,1H3. The minimum absolute atomic E-state index is 0.399. The van der Waals surface area contributed by atoms with Gasteiger partial charge in [-0.2, -0.15) is 13.2 Å². The van der Waals surface area contributed by atoms with Crippen molar-refractivity contribution in [3.63, 3.8) is 0 Å². The van der Waals surface area contributed by atoms with Gasteiger partial charge in [-0.05, 0) is 13.0 Å². The number of hydrogen-bond donors (Lipinski definition) is 0. The van der Waals surface area contributed by atoms with Crippen molar-refractivity contribution < 1.29 is 22.0 Å². The third-order valence-corrected chi connectivity index (χ3v) is 1.94. The van der Waals surface area contributed by atoms with Gasteiger partial charge in [0.25, 0.3) is 6.43 Å². The van der Waals surface area contributed by atoms with Gasteiger partial charge in [-0.1, -0.05) is 11.6 Å². The molecule has 1 heterocycles. The zero-order valence-corrected chi connectivity index (χ0v) is 8.13. The normalized spacial score (nSPS) is 12.3. The molecule has 0 amide bonds. The molecular weight excluding hydrogens is 241 g/mol. The molecule has 0 N–H and O–H groups in total. The van der Waals surface area contributed by atoms with Crippen LogP contribution in [0.4, 0.5) is 22.0 Å². The van der Waals surface area contributed by atoms with Crippen molar-refractivity contribution in [3.05, 3.63) is 28.0 Å². The van der Waals surface area contributed by atoms with Gasteiger partial charge < -0.3 is 0 Å². The zero-order chi connectivity index (χ0) is 11.8. The lowest BCUT2D eigenvalue weighted by atomic mass is 10.1. The first-order chi connectivity index (χ1) is 6.73. The van der Waals surface area contributed by atoms with Gasteiger partial charge in [0.05, 0.1) is 11.1 Å². The van der Waals surface area contributed by atoms with Crippen molar-refractivity contribution in [3.8, 4) is 0 Å². The van der Waals surface area contributed by atoms with Crippen LogP contribution in [-0.4, -0.2) is 4.98 Å². The van der Waals surface area contributed by atoms with Gasteiger partial charge in [0.15, 0.2) is 0 Å². The third kappa shape index (κ3) is 2.56. The first-order valence-corrected chi connectivity index (χ1v) is 4.13. The van der Waals surface area contributed by atoms with Crippen molar-refractivity contribution in [2.24, 2.45) is 0 Å². The van der Waals surface area contributed by atoms with E-state index in [1.165, 1.54) is 0 Å². The molecule has 0 bridgehead atoms. The van der Waals surface area contributed by atoms with Gasteiger partial charge in [-0.15, -0.1) is 0 Å². The van der Waals surface area contributed by atoms with Crippen LogP contribution in [0, 0.1) is 6.92 Å². The predicted molar refractivity (Wildman–Crippen MR) is 43.9 cm³/mol. The molecule has 0 aliphatic rings. The molecule has 0 radical (unpaired) electrons. The van der Waals surface area contributed by atoms with Crippen LogP contribution in [0.15, 0.2) is 6.07 Å². The minimum atomic E-state index is -4.86. The van der Waals surface area contributed by atoms with Crippen molar-refractivity contribution >= 4 is 11.6 Å². The molecule has 7 heteroatoms. The van der Waals surface area contributed by atoms with Crippen LogP contribution < -0.4 is 0 Å². The maximum Gasteiger partial charge on any atom is 0.417 e. The topological polar surface area (TPSA) is 12.9 Å². The van der Waals surface area contributed by atoms with Gasteiger partial charge in [-0.25, -0.2) is 13.8 Å². The second-order valence-electron chi connectivity index (χ2n) is 2.79. The molecule has 1 aromatic rings. The highest BCUT2D eigenvalue weighted by atomic mass is 35.5. The molecular formula is C8H5ClF5N. The lowest BCUT2D eigenvalue weighted by Crippen LogP contribution is -2.12. The molecule has 0 spiro atoms. The molecule has 0 fully saturated rings. The Hall–Kier alpha value is -0.910. The highest BCUT2D eigenvalue weighted by Crippen LogP contribution is 2.38. The van der Waals surface area contributed by atoms with E-state index in [-0.39, 0.29) is 0 Å². The summed E-state index contributed by atoms with van der Waals surface area (Å²) in [5.41, 5.74) is -2.97. The molecule has 0 aliphatic carbocycles. The second-order valence-corrected chi connectivity index (χ2v) is 3.18. The Kier molecular flexibility index (Phi) is 3.18. The van der Waals surface area contributed by atoms with Crippen molar-refractivity contribution in [1.82, 2.24) is 4.98 Å². The molecule has 1 nitrogen and oxygen atoms in total. The molecule has 1 rings (SSSR count). The van der Waals surface area contributed by atoms with E-state index in [0.717, 1.165) is 6.92 Å². The fraction of sp³-hybridized carbons (Fsp3) is 0.375. The number of hydrogen-bond acceptors (Lipinski definition) is 1. The lowest BCUT2D eigenvalue weighted by Gasteiger charge is -2.14. The van der Waals surface area contributed by atoms with E-state index in [1.54, 1.807) is 0 Å². The van der Waals surface area contributed by atoms with Crippen LogP contribution in [0.5, 0.6) is 0 Å². The summed E-state index contributed by atoms with van der Waals surface area (Å²) in [5, 5.41) is -0.454. The highest BCUT2D eigenvalue weighted by molar-refractivity contribution is 6.29. The van der Waals surface area contributed by atoms with Crippen LogP contribution >= 0.6 is 11.6 Å². The van der Waals surface area contributed by atoms with Crippen LogP contribution in [-0.2, 0) is 6.18 Å². The summed E-state index contributed by atoms with van der Waals surface area (Å²) in [5.74, 6) is 0. The third-order valence-electron chi connectivity index (χ3n) is 1.74. The van der Waals surface area contributed by atoms with E-state index in [0.29, 0.717) is 6.07 Å². The summed E-state index contributed by atoms with van der Waals surface area (Å²) >= 11 is 5.28. The summed E-state index contributed by atoms with van der Waals surface area (Å²) in [4.78, 5) is 3.35. The van der Waals surface area contributed by atoms with Gasteiger partial charge >= 0.3 is 6.18 Å². The summed E-state index contributed by atoms with van der Waals surface area (Å²) < 4.78 is 61.8. The summed E-state index contributed by atoms with van der Waals surface area (Å²) in [6.07, 6.45) is -8.09. The number of pyridine rings is 1. The molecule has 0 aliphatic heterocycles. The average Bonchev–Trinajstić information content (AvgIpc) is 1.99. The van der Waals surface area contributed by atoms with Gasteiger partial charge in [0.2, 0.25) is 0 Å². The Morgan fingerprint density at radius 3 is 2.27 bits per heavy atom. The van der Waals surface area contributed by atoms with Crippen LogP contribution in [0.25, 0.3) is 0 Å². The van der Waals surface area contributed by atoms with Crippen molar-refractivity contribution in [2.75, 3.05) is 0 Å². The van der Waals surface area contributed by atoms with Gasteiger partial charge in [0, 0.05) is 5.69 Å². The largest absolute Gasteiger partial charge is 0.417 e. The Morgan fingerprint density at radius 1 is 1.33 bits per heavy atom. The minimum Gasteiger partial charge on any atom is -0.241 e. The maximum atomic E-state index is 12.4. The van der Waals surface area contributed by atoms with Crippen molar-refractivity contribution in [1.29, 1.82) is 0 Å². The van der Waals surface area contributed by atoms with E-state index in [2.05, 4.69) is 4.98 Å². The lowest BCUT2D eigenvalue weighted by molar-refractivity contribution is -0.139. The fourth-order valence-electron chi connectivity index (χ4n) is 1.15. The quantitative estimate of drug-likeness (QED) is 0.538. The van der Waals surface area contributed by atoms with Crippen molar-refractivity contribution in [2.45, 2.75) is 19.5 Å². The van der Waals surface area contributed by atoms with Gasteiger partial charge in [-0.3, -0.25) is 0 Å². The molecule has 0 aromatic carbocycles. The molecule has 15 heavy (non-hydrogen) atoms. The monoisotopic (exact) mass is 245 g/mol. The molecule has 84 valence electrons. The molecule has 0 unspecified atom stereocenters. The molecule has 1 aromatic heterocycles. The SMILES string of the molecule is Cc1nc(Cl)cc(C(F)(F)F)c1C(F)F. The van der Waals surface area contributed by atoms with E-state index in [4.69, 9.17) is 11.6 Å². The Morgan fingerprint density at radius 2 is 1.87 bits per heavy atom. The van der Waals surface area contributed by atoms with Crippen LogP contribution in [0.3, 0.4) is 0 Å². The molecule has 0 atom stereocenters. The average molecular weight is 246 g/mol. The maximum absolute atomic E-state index is 12.4. The number of alkyl halides is 5. The second kappa shape index (κ2) is 3.92. The van der Waals surface area contributed by atoms with E-state index in [9.17, 15) is 22.0 Å². The highest BCUT2D eigenvalue weighted by Gasteiger charge is 2.37. The predicted octanol–water partition coefficient (Wildman–Crippen LogP) is 4.00. The number of halogens is 6. The summed E-state index contributed by atoms with van der Waals surface area (Å²) in [7, 11) is 0. The van der Waals surface area contributed by atoms with Crippen LogP contribution in [0.1, 0.15) is 23.2 Å². The van der Waals surface area contributed by atoms with Gasteiger partial charge in [0.1, 0.15) is 5.15 Å². The first-order valence-electron chi connectivity index (χ1n) is 3.76. The number of aromatic nitrogens is 1.